The first-order valence-electron chi connectivity index (χ1n) is 11.1. The van der Waals surface area contributed by atoms with Crippen molar-refractivity contribution in [2.75, 3.05) is 45.6 Å². The van der Waals surface area contributed by atoms with E-state index in [0.717, 1.165) is 6.54 Å². The van der Waals surface area contributed by atoms with E-state index in [1.54, 1.807) is 31.2 Å². The zero-order valence-electron chi connectivity index (χ0n) is 20.1. The second-order valence-corrected chi connectivity index (χ2v) is 10.9. The fourth-order valence-corrected chi connectivity index (χ4v) is 5.02. The van der Waals surface area contributed by atoms with Crippen LogP contribution in [0.1, 0.15) is 24.2 Å². The van der Waals surface area contributed by atoms with Crippen LogP contribution in [0, 0.1) is 5.92 Å². The molecule has 0 fully saturated rings. The van der Waals surface area contributed by atoms with Crippen molar-refractivity contribution in [3.63, 3.8) is 0 Å². The Morgan fingerprint density at radius 1 is 1.09 bits per heavy atom. The standard InChI is InChI=1S/C24H32ClN3O5S/c1-16-13-27(3)17(2)15-33-22-11-8-19(12-21(22)24(29)28(4)14-23(16)32-5)26-34(30,31)20-9-6-18(25)7-10-20/h6-12,16-17,23,26H,13-15H2,1-5H3/t16-,17+,23-/m1/s1. The molecule has 1 heterocycles. The maximum absolute atomic E-state index is 13.4. The molecule has 0 bridgehead atoms. The zero-order chi connectivity index (χ0) is 25.0. The van der Waals surface area contributed by atoms with Crippen LogP contribution in [-0.2, 0) is 14.8 Å². The molecule has 1 N–H and O–H groups in total. The van der Waals surface area contributed by atoms with Gasteiger partial charge in [0.2, 0.25) is 0 Å². The predicted octanol–water partition coefficient (Wildman–Crippen LogP) is 3.58. The van der Waals surface area contributed by atoms with Gasteiger partial charge in [-0.25, -0.2) is 8.42 Å². The maximum atomic E-state index is 13.4. The largest absolute Gasteiger partial charge is 0.491 e. The molecule has 10 heteroatoms. The number of hydrogen-bond donors (Lipinski definition) is 1. The Labute approximate surface area is 206 Å². The van der Waals surface area contributed by atoms with Crippen molar-refractivity contribution in [3.8, 4) is 5.75 Å². The lowest BCUT2D eigenvalue weighted by Gasteiger charge is -2.34. The molecule has 1 aliphatic rings. The SMILES string of the molecule is CO[C@@H]1CN(C)C(=O)c2cc(NS(=O)(=O)c3ccc(Cl)cc3)ccc2OC[C@H](C)N(C)C[C@H]1C. The van der Waals surface area contributed by atoms with E-state index in [2.05, 4.69) is 23.5 Å². The van der Waals surface area contributed by atoms with Gasteiger partial charge in [0, 0.05) is 44.0 Å². The van der Waals surface area contributed by atoms with Crippen LogP contribution in [0.2, 0.25) is 5.02 Å². The monoisotopic (exact) mass is 509 g/mol. The van der Waals surface area contributed by atoms with Crippen molar-refractivity contribution in [2.45, 2.75) is 30.9 Å². The van der Waals surface area contributed by atoms with Crippen LogP contribution in [-0.4, -0.2) is 77.2 Å². The molecule has 1 amide bonds. The molecule has 34 heavy (non-hydrogen) atoms. The Kier molecular flexibility index (Phi) is 8.46. The number of carbonyl (C=O) groups excluding carboxylic acids is 1. The molecule has 0 saturated carbocycles. The molecular weight excluding hydrogens is 478 g/mol. The van der Waals surface area contributed by atoms with E-state index in [0.29, 0.717) is 23.9 Å². The molecule has 2 aromatic carbocycles. The van der Waals surface area contributed by atoms with E-state index in [9.17, 15) is 13.2 Å². The molecule has 3 rings (SSSR count). The third-order valence-corrected chi connectivity index (χ3v) is 7.78. The number of methoxy groups -OCH3 is 1. The van der Waals surface area contributed by atoms with E-state index in [4.69, 9.17) is 21.1 Å². The number of fused-ring (bicyclic) bond motifs is 1. The Bertz CT molecular complexity index is 1110. The van der Waals surface area contributed by atoms with Crippen LogP contribution in [0.3, 0.4) is 0 Å². The molecule has 1 aliphatic heterocycles. The minimum atomic E-state index is -3.86. The number of nitrogens with one attached hydrogen (secondary N) is 1. The molecule has 8 nitrogen and oxygen atoms in total. The van der Waals surface area contributed by atoms with Crippen LogP contribution in [0.15, 0.2) is 47.4 Å². The third kappa shape index (κ3) is 6.21. The number of hydrogen-bond acceptors (Lipinski definition) is 6. The highest BCUT2D eigenvalue weighted by molar-refractivity contribution is 7.92. The van der Waals surface area contributed by atoms with Gasteiger partial charge < -0.3 is 14.4 Å². The van der Waals surface area contributed by atoms with Gasteiger partial charge in [-0.1, -0.05) is 18.5 Å². The van der Waals surface area contributed by atoms with Gasteiger partial charge in [0.1, 0.15) is 12.4 Å². The summed E-state index contributed by atoms with van der Waals surface area (Å²) < 4.78 is 39.9. The second-order valence-electron chi connectivity index (χ2n) is 8.81. The fraction of sp³-hybridized carbons (Fsp3) is 0.458. The summed E-state index contributed by atoms with van der Waals surface area (Å²) >= 11 is 5.87. The molecule has 0 saturated heterocycles. The Balaban J connectivity index is 1.95. The lowest BCUT2D eigenvalue weighted by atomic mass is 10.0. The highest BCUT2D eigenvalue weighted by atomic mass is 35.5. The number of nitrogens with zero attached hydrogens (tertiary/aromatic N) is 2. The van der Waals surface area contributed by atoms with E-state index >= 15 is 0 Å². The highest BCUT2D eigenvalue weighted by Gasteiger charge is 2.27. The highest BCUT2D eigenvalue weighted by Crippen LogP contribution is 2.27. The van der Waals surface area contributed by atoms with Crippen LogP contribution in [0.25, 0.3) is 0 Å². The number of anilines is 1. The number of amides is 1. The fourth-order valence-electron chi connectivity index (χ4n) is 3.85. The number of ether oxygens (including phenoxy) is 2. The average molecular weight is 510 g/mol. The predicted molar refractivity (Wildman–Crippen MR) is 133 cm³/mol. The summed E-state index contributed by atoms with van der Waals surface area (Å²) in [7, 11) is 1.52. The summed E-state index contributed by atoms with van der Waals surface area (Å²) in [6, 6.07) is 10.7. The zero-order valence-corrected chi connectivity index (χ0v) is 21.7. The maximum Gasteiger partial charge on any atom is 0.261 e. The van der Waals surface area contributed by atoms with Gasteiger partial charge in [-0.2, -0.15) is 0 Å². The molecule has 0 unspecified atom stereocenters. The van der Waals surface area contributed by atoms with Crippen molar-refractivity contribution in [3.05, 3.63) is 53.1 Å². The van der Waals surface area contributed by atoms with E-state index < -0.39 is 10.0 Å². The third-order valence-electron chi connectivity index (χ3n) is 6.13. The minimum Gasteiger partial charge on any atom is -0.491 e. The Hall–Kier alpha value is -2.33. The van der Waals surface area contributed by atoms with E-state index in [1.165, 1.54) is 30.3 Å². The smallest absolute Gasteiger partial charge is 0.261 e. The van der Waals surface area contributed by atoms with Crippen LogP contribution < -0.4 is 9.46 Å². The van der Waals surface area contributed by atoms with Crippen LogP contribution in [0.5, 0.6) is 5.75 Å². The van der Waals surface area contributed by atoms with E-state index in [1.807, 2.05) is 7.05 Å². The van der Waals surface area contributed by atoms with Crippen molar-refractivity contribution < 1.29 is 22.7 Å². The molecule has 0 aromatic heterocycles. The van der Waals surface area contributed by atoms with Crippen molar-refractivity contribution in [2.24, 2.45) is 5.92 Å². The molecule has 0 radical (unpaired) electrons. The summed E-state index contributed by atoms with van der Waals surface area (Å²) in [6.45, 7) is 5.71. The van der Waals surface area contributed by atoms with Gasteiger partial charge in [0.15, 0.2) is 0 Å². The van der Waals surface area contributed by atoms with Gasteiger partial charge in [-0.05, 0) is 62.4 Å². The Morgan fingerprint density at radius 2 is 1.76 bits per heavy atom. The van der Waals surface area contributed by atoms with Gasteiger partial charge in [-0.3, -0.25) is 14.4 Å². The summed E-state index contributed by atoms with van der Waals surface area (Å²) in [6.07, 6.45) is -0.154. The normalized spacial score (nSPS) is 22.8. The molecule has 3 atom stereocenters. The quantitative estimate of drug-likeness (QED) is 0.677. The second kappa shape index (κ2) is 10.9. The van der Waals surface area contributed by atoms with Gasteiger partial charge >= 0.3 is 0 Å². The topological polar surface area (TPSA) is 88.2 Å². The summed E-state index contributed by atoms with van der Waals surface area (Å²) in [5.74, 6) is 0.302. The first-order chi connectivity index (χ1) is 16.0. The summed E-state index contributed by atoms with van der Waals surface area (Å²) in [4.78, 5) is 17.2. The van der Waals surface area contributed by atoms with E-state index in [-0.39, 0.29) is 40.1 Å². The van der Waals surface area contributed by atoms with Crippen molar-refractivity contribution in [1.82, 2.24) is 9.80 Å². The molecule has 186 valence electrons. The number of halogens is 1. The molecular formula is C24H32ClN3O5S. The summed E-state index contributed by atoms with van der Waals surface area (Å²) in [5.41, 5.74) is 0.532. The number of sulfonamides is 1. The van der Waals surface area contributed by atoms with Gasteiger partial charge in [0.25, 0.3) is 15.9 Å². The molecule has 2 aromatic rings. The first-order valence-corrected chi connectivity index (χ1v) is 12.9. The Morgan fingerprint density at radius 3 is 2.41 bits per heavy atom. The number of carbonyl (C=O) groups is 1. The first kappa shape index (κ1) is 26.3. The lowest BCUT2D eigenvalue weighted by molar-refractivity contribution is 0.0150. The average Bonchev–Trinajstić information content (AvgIpc) is 2.80. The number of benzene rings is 2. The number of rotatable bonds is 4. The molecule has 0 aliphatic carbocycles. The van der Waals surface area contributed by atoms with Crippen LogP contribution in [0.4, 0.5) is 5.69 Å². The number of likely N-dealkylation sites (N-methyl/N-ethyl adjacent to an activating group) is 2. The van der Waals surface area contributed by atoms with Gasteiger partial charge in [0.05, 0.1) is 16.6 Å². The summed E-state index contributed by atoms with van der Waals surface area (Å²) in [5, 5.41) is 0.438. The molecule has 0 spiro atoms. The van der Waals surface area contributed by atoms with Crippen molar-refractivity contribution in [1.29, 1.82) is 0 Å². The van der Waals surface area contributed by atoms with Crippen molar-refractivity contribution >= 4 is 33.2 Å². The van der Waals surface area contributed by atoms with Crippen LogP contribution >= 0.6 is 11.6 Å². The minimum absolute atomic E-state index is 0.0677. The van der Waals surface area contributed by atoms with Gasteiger partial charge in [-0.15, -0.1) is 0 Å². The lowest BCUT2D eigenvalue weighted by Crippen LogP contribution is -2.45.